The van der Waals surface area contributed by atoms with Crippen LogP contribution >= 0.6 is 0 Å². The van der Waals surface area contributed by atoms with Gasteiger partial charge in [0.05, 0.1) is 23.0 Å². The van der Waals surface area contributed by atoms with Crippen molar-refractivity contribution in [1.29, 1.82) is 0 Å². The van der Waals surface area contributed by atoms with E-state index in [1.165, 1.54) is 71.0 Å². The van der Waals surface area contributed by atoms with Gasteiger partial charge in [0, 0.05) is 22.1 Å². The number of pyridine rings is 1. The summed E-state index contributed by atoms with van der Waals surface area (Å²) in [4.78, 5) is 10.4. The molecule has 2 aliphatic rings. The Morgan fingerprint density at radius 2 is 1.73 bits per heavy atom. The van der Waals surface area contributed by atoms with Crippen molar-refractivity contribution in [2.24, 2.45) is 4.99 Å². The minimum absolute atomic E-state index is 0.464. The molecule has 0 aliphatic heterocycles. The number of aromatic nitrogens is 1. The first-order valence-electron chi connectivity index (χ1n) is 9.80. The standard InChI is InChI=1S/C24H24N2/c1-15-11-12-19-20(13-15)24(25-18-9-4-3-5-10-18)21-14-17-8-6-7-16(2)22(17)26-23(19)21/h6-8,11-14,18H,3-5,9-10H2,1-2H3. The maximum Gasteiger partial charge on any atom is 0.0810 e. The summed E-state index contributed by atoms with van der Waals surface area (Å²) in [5.41, 5.74) is 9.63. The van der Waals surface area contributed by atoms with Gasteiger partial charge in [-0.3, -0.25) is 4.99 Å². The first-order chi connectivity index (χ1) is 12.7. The van der Waals surface area contributed by atoms with Gasteiger partial charge in [-0.25, -0.2) is 4.98 Å². The number of rotatable bonds is 1. The van der Waals surface area contributed by atoms with Crippen LogP contribution in [-0.4, -0.2) is 16.7 Å². The van der Waals surface area contributed by atoms with Crippen molar-refractivity contribution in [2.75, 3.05) is 0 Å². The van der Waals surface area contributed by atoms with Gasteiger partial charge in [-0.05, 0) is 44.4 Å². The Hall–Kier alpha value is -2.48. The van der Waals surface area contributed by atoms with E-state index in [9.17, 15) is 0 Å². The van der Waals surface area contributed by atoms with Gasteiger partial charge in [-0.15, -0.1) is 0 Å². The molecule has 0 radical (unpaired) electrons. The van der Waals surface area contributed by atoms with E-state index in [2.05, 4.69) is 56.3 Å². The molecule has 0 unspecified atom stereocenters. The monoisotopic (exact) mass is 340 g/mol. The predicted octanol–water partition coefficient (Wildman–Crippen LogP) is 6.00. The van der Waals surface area contributed by atoms with Crippen molar-refractivity contribution in [1.82, 2.24) is 4.98 Å². The molecule has 1 fully saturated rings. The number of fused-ring (bicyclic) bond motifs is 4. The summed E-state index contributed by atoms with van der Waals surface area (Å²) in [6.45, 7) is 4.30. The van der Waals surface area contributed by atoms with E-state index in [0.29, 0.717) is 6.04 Å². The maximum atomic E-state index is 5.26. The number of para-hydroxylation sites is 1. The zero-order chi connectivity index (χ0) is 17.7. The lowest BCUT2D eigenvalue weighted by atomic mass is 9.95. The second-order valence-electron chi connectivity index (χ2n) is 7.85. The summed E-state index contributed by atoms with van der Waals surface area (Å²) in [5, 5.41) is 1.21. The van der Waals surface area contributed by atoms with Crippen molar-refractivity contribution in [3.63, 3.8) is 0 Å². The fourth-order valence-electron chi connectivity index (χ4n) is 4.47. The fourth-order valence-corrected chi connectivity index (χ4v) is 4.47. The zero-order valence-electron chi connectivity index (χ0n) is 15.5. The van der Waals surface area contributed by atoms with Crippen LogP contribution in [0.25, 0.3) is 22.2 Å². The Labute approximate surface area is 155 Å². The molecular formula is C24H24N2. The van der Waals surface area contributed by atoms with Crippen LogP contribution in [0, 0.1) is 13.8 Å². The lowest BCUT2D eigenvalue weighted by Crippen LogP contribution is -2.13. The molecule has 0 spiro atoms. The first-order valence-corrected chi connectivity index (χ1v) is 9.80. The van der Waals surface area contributed by atoms with Gasteiger partial charge >= 0.3 is 0 Å². The Bertz CT molecular complexity index is 1040. The Kier molecular flexibility index (Phi) is 3.66. The van der Waals surface area contributed by atoms with Crippen LogP contribution in [0.1, 0.15) is 54.4 Å². The minimum Gasteiger partial charge on any atom is -0.281 e. The van der Waals surface area contributed by atoms with Crippen LogP contribution in [0.2, 0.25) is 0 Å². The molecule has 0 saturated heterocycles. The molecule has 0 bridgehead atoms. The number of hydrogen-bond donors (Lipinski definition) is 0. The molecule has 26 heavy (non-hydrogen) atoms. The van der Waals surface area contributed by atoms with Gasteiger partial charge in [-0.2, -0.15) is 0 Å². The molecule has 5 rings (SSSR count). The van der Waals surface area contributed by atoms with Crippen LogP contribution < -0.4 is 0 Å². The number of aryl methyl sites for hydroxylation is 2. The molecular weight excluding hydrogens is 316 g/mol. The van der Waals surface area contributed by atoms with Crippen molar-refractivity contribution in [3.05, 3.63) is 64.7 Å². The van der Waals surface area contributed by atoms with Crippen molar-refractivity contribution in [3.8, 4) is 11.3 Å². The Morgan fingerprint density at radius 1 is 0.885 bits per heavy atom. The van der Waals surface area contributed by atoms with Gasteiger partial charge < -0.3 is 0 Å². The van der Waals surface area contributed by atoms with Gasteiger partial charge in [0.1, 0.15) is 0 Å². The normalized spacial score (nSPS) is 18.3. The number of benzene rings is 2. The van der Waals surface area contributed by atoms with Crippen LogP contribution in [0.4, 0.5) is 0 Å². The minimum atomic E-state index is 0.464. The van der Waals surface area contributed by atoms with Crippen molar-refractivity contribution in [2.45, 2.75) is 52.0 Å². The van der Waals surface area contributed by atoms with Crippen molar-refractivity contribution < 1.29 is 0 Å². The second-order valence-corrected chi connectivity index (χ2v) is 7.85. The third-order valence-corrected chi connectivity index (χ3v) is 5.87. The largest absolute Gasteiger partial charge is 0.281 e. The van der Waals surface area contributed by atoms with E-state index in [0.717, 1.165) is 11.2 Å². The number of aliphatic imine (C=N–C) groups is 1. The summed E-state index contributed by atoms with van der Waals surface area (Å²) in [6.07, 6.45) is 6.42. The molecule has 2 heteroatoms. The molecule has 3 aromatic rings. The third kappa shape index (κ3) is 2.47. The SMILES string of the molecule is Cc1ccc2c(c1)C(=NC1CCCCC1)c1cc3cccc(C)c3nc1-2. The summed E-state index contributed by atoms with van der Waals surface area (Å²) >= 11 is 0. The smallest absolute Gasteiger partial charge is 0.0810 e. The summed E-state index contributed by atoms with van der Waals surface area (Å²) in [6, 6.07) is 15.9. The van der Waals surface area contributed by atoms with E-state index in [4.69, 9.17) is 9.98 Å². The maximum absolute atomic E-state index is 5.26. The highest BCUT2D eigenvalue weighted by molar-refractivity contribution is 6.25. The highest BCUT2D eigenvalue weighted by Crippen LogP contribution is 2.39. The van der Waals surface area contributed by atoms with E-state index in [1.54, 1.807) is 0 Å². The average Bonchev–Trinajstić information content (AvgIpc) is 2.94. The number of nitrogens with zero attached hydrogens (tertiary/aromatic N) is 2. The van der Waals surface area contributed by atoms with Crippen LogP contribution in [0.15, 0.2) is 47.5 Å². The van der Waals surface area contributed by atoms with Gasteiger partial charge in [0.2, 0.25) is 0 Å². The molecule has 0 atom stereocenters. The zero-order valence-corrected chi connectivity index (χ0v) is 15.5. The van der Waals surface area contributed by atoms with Gasteiger partial charge in [0.25, 0.3) is 0 Å². The molecule has 1 aromatic heterocycles. The highest BCUT2D eigenvalue weighted by Gasteiger charge is 2.28. The lowest BCUT2D eigenvalue weighted by Gasteiger charge is -2.19. The molecule has 2 aromatic carbocycles. The molecule has 2 nitrogen and oxygen atoms in total. The molecule has 0 N–H and O–H groups in total. The second kappa shape index (κ2) is 6.05. The van der Waals surface area contributed by atoms with Crippen molar-refractivity contribution >= 4 is 16.6 Å². The molecule has 1 heterocycles. The van der Waals surface area contributed by atoms with Gasteiger partial charge in [-0.1, -0.05) is 55.2 Å². The summed E-state index contributed by atoms with van der Waals surface area (Å²) in [5.74, 6) is 0. The fraction of sp³-hybridized carbons (Fsp3) is 0.333. The topological polar surface area (TPSA) is 25.2 Å². The molecule has 0 amide bonds. The molecule has 1 saturated carbocycles. The molecule has 130 valence electrons. The van der Waals surface area contributed by atoms with Gasteiger partial charge in [0.15, 0.2) is 0 Å². The average molecular weight is 340 g/mol. The predicted molar refractivity (Wildman–Crippen MR) is 109 cm³/mol. The highest BCUT2D eigenvalue weighted by atomic mass is 14.8. The number of hydrogen-bond acceptors (Lipinski definition) is 2. The third-order valence-electron chi connectivity index (χ3n) is 5.87. The summed E-state index contributed by atoms with van der Waals surface area (Å²) in [7, 11) is 0. The van der Waals surface area contributed by atoms with E-state index in [1.807, 2.05) is 0 Å². The first kappa shape index (κ1) is 15.7. The Balaban J connectivity index is 1.76. The lowest BCUT2D eigenvalue weighted by molar-refractivity contribution is 0.444. The van der Waals surface area contributed by atoms with Crippen LogP contribution in [0.5, 0.6) is 0 Å². The van der Waals surface area contributed by atoms with E-state index >= 15 is 0 Å². The van der Waals surface area contributed by atoms with E-state index in [-0.39, 0.29) is 0 Å². The summed E-state index contributed by atoms with van der Waals surface area (Å²) < 4.78 is 0. The van der Waals surface area contributed by atoms with Crippen LogP contribution in [0.3, 0.4) is 0 Å². The Morgan fingerprint density at radius 3 is 2.58 bits per heavy atom. The van der Waals surface area contributed by atoms with Crippen LogP contribution in [-0.2, 0) is 0 Å². The van der Waals surface area contributed by atoms with E-state index < -0.39 is 0 Å². The molecule has 2 aliphatic carbocycles. The quantitative estimate of drug-likeness (QED) is 0.417.